The zero-order chi connectivity index (χ0) is 7.98. The summed E-state index contributed by atoms with van der Waals surface area (Å²) in [4.78, 5) is 0. The molecule has 0 heterocycles. The van der Waals surface area contributed by atoms with E-state index >= 15 is 0 Å². The van der Waals surface area contributed by atoms with Gasteiger partial charge in [-0.25, -0.2) is 0 Å². The smallest absolute Gasteiger partial charge is 0.275 e. The summed E-state index contributed by atoms with van der Waals surface area (Å²) in [6.07, 6.45) is 10.2. The molecule has 0 aromatic rings. The molecule has 10 heavy (non-hydrogen) atoms. The van der Waals surface area contributed by atoms with Crippen LogP contribution in [-0.2, 0) is 0 Å². The third-order valence-corrected chi connectivity index (χ3v) is 0.947. The van der Waals surface area contributed by atoms with Gasteiger partial charge in [-0.2, -0.15) is 0 Å². The Bertz CT molecular complexity index is 190. The Morgan fingerprint density at radius 1 is 1.10 bits per heavy atom. The highest BCUT2D eigenvalue weighted by Crippen LogP contribution is 2.07. The second-order valence-electron chi connectivity index (χ2n) is 1.69. The van der Waals surface area contributed by atoms with Crippen LogP contribution in [0.3, 0.4) is 0 Å². The first-order chi connectivity index (χ1) is 4.72. The molecule has 0 atom stereocenters. The maximum Gasteiger partial charge on any atom is 0.275 e. The van der Waals surface area contributed by atoms with Crippen LogP contribution in [0.2, 0.25) is 0 Å². The Kier molecular flexibility index (Phi) is 3.68. The Morgan fingerprint density at radius 2 is 1.50 bits per heavy atom. The van der Waals surface area contributed by atoms with Crippen molar-refractivity contribution in [3.8, 4) is 24.7 Å². The highest BCUT2D eigenvalue weighted by atomic mass is 16.5. The molecule has 0 amide bonds. The topological polar surface area (TPSA) is 40.5 Å². The van der Waals surface area contributed by atoms with Crippen molar-refractivity contribution in [2.24, 2.45) is 0 Å². The third-order valence-electron chi connectivity index (χ3n) is 0.947. The summed E-state index contributed by atoms with van der Waals surface area (Å²) in [5.41, 5.74) is 0.310. The fourth-order valence-electron chi connectivity index (χ4n) is 0.467. The zero-order valence-electron chi connectivity index (χ0n) is 5.46. The van der Waals surface area contributed by atoms with Gasteiger partial charge in [-0.3, -0.25) is 0 Å². The molecule has 0 bridgehead atoms. The summed E-state index contributed by atoms with van der Waals surface area (Å²) >= 11 is 0. The van der Waals surface area contributed by atoms with E-state index in [4.69, 9.17) is 23.1 Å². The quantitative estimate of drug-likeness (QED) is 0.444. The Morgan fingerprint density at radius 3 is 1.70 bits per heavy atom. The van der Waals surface area contributed by atoms with Gasteiger partial charge in [0.1, 0.15) is 0 Å². The number of hydrogen-bond acceptors (Lipinski definition) is 2. The first kappa shape index (κ1) is 8.46. The van der Waals surface area contributed by atoms with Crippen LogP contribution in [0.4, 0.5) is 0 Å². The van der Waals surface area contributed by atoms with E-state index in [9.17, 15) is 0 Å². The van der Waals surface area contributed by atoms with E-state index < -0.39 is 5.95 Å². The first-order valence-corrected chi connectivity index (χ1v) is 2.69. The molecule has 0 unspecified atom stereocenters. The van der Waals surface area contributed by atoms with Crippen LogP contribution < -0.4 is 0 Å². The largest absolute Gasteiger partial charge is 0.481 e. The van der Waals surface area contributed by atoms with Crippen LogP contribution in [0.1, 0.15) is 12.8 Å². The average Bonchev–Trinajstić information content (AvgIpc) is 1.87. The van der Waals surface area contributed by atoms with Crippen molar-refractivity contribution in [1.82, 2.24) is 0 Å². The van der Waals surface area contributed by atoms with Gasteiger partial charge in [0.25, 0.3) is 5.95 Å². The van der Waals surface area contributed by atoms with Crippen molar-refractivity contribution in [2.45, 2.75) is 12.8 Å². The SMILES string of the molecule is C#CCC(CC#C)=C(O)O. The molecule has 0 spiro atoms. The predicted molar refractivity (Wildman–Crippen MR) is 39.2 cm³/mol. The first-order valence-electron chi connectivity index (χ1n) is 2.69. The van der Waals surface area contributed by atoms with Gasteiger partial charge in [-0.1, -0.05) is 0 Å². The van der Waals surface area contributed by atoms with Crippen LogP contribution in [0, 0.1) is 24.7 Å². The van der Waals surface area contributed by atoms with Gasteiger partial charge in [-0.05, 0) is 0 Å². The lowest BCUT2D eigenvalue weighted by atomic mass is 10.1. The molecule has 2 nitrogen and oxygen atoms in total. The average molecular weight is 136 g/mol. The Labute approximate surface area is 60.2 Å². The van der Waals surface area contributed by atoms with Gasteiger partial charge in [0.2, 0.25) is 0 Å². The number of rotatable bonds is 2. The second-order valence-corrected chi connectivity index (χ2v) is 1.69. The summed E-state index contributed by atoms with van der Waals surface area (Å²) in [5.74, 6) is 3.77. The number of hydrogen-bond donors (Lipinski definition) is 2. The van der Waals surface area contributed by atoms with Gasteiger partial charge in [0.05, 0.1) is 0 Å². The van der Waals surface area contributed by atoms with Crippen LogP contribution in [0.25, 0.3) is 0 Å². The third kappa shape index (κ3) is 2.69. The van der Waals surface area contributed by atoms with Gasteiger partial charge in [0, 0.05) is 18.4 Å². The van der Waals surface area contributed by atoms with Crippen LogP contribution >= 0.6 is 0 Å². The number of aliphatic hydroxyl groups is 2. The number of terminal acetylenes is 2. The fourth-order valence-corrected chi connectivity index (χ4v) is 0.467. The van der Waals surface area contributed by atoms with Crippen molar-refractivity contribution in [2.75, 3.05) is 0 Å². The number of aliphatic hydroxyl groups excluding tert-OH is 1. The lowest BCUT2D eigenvalue weighted by molar-refractivity contribution is 0.183. The minimum absolute atomic E-state index is 0.187. The molecule has 0 aliphatic heterocycles. The second kappa shape index (κ2) is 4.35. The lowest BCUT2D eigenvalue weighted by Gasteiger charge is -1.96. The van der Waals surface area contributed by atoms with Crippen molar-refractivity contribution >= 4 is 0 Å². The maximum atomic E-state index is 8.52. The molecule has 0 aliphatic rings. The molecule has 0 aliphatic carbocycles. The molecule has 0 fully saturated rings. The summed E-state index contributed by atoms with van der Waals surface area (Å²) in [5, 5.41) is 17.0. The lowest BCUT2D eigenvalue weighted by Crippen LogP contribution is -1.88. The van der Waals surface area contributed by atoms with Gasteiger partial charge < -0.3 is 10.2 Å². The van der Waals surface area contributed by atoms with E-state index in [0.29, 0.717) is 5.57 Å². The monoisotopic (exact) mass is 136 g/mol. The molecule has 52 valence electrons. The van der Waals surface area contributed by atoms with E-state index in [2.05, 4.69) is 11.8 Å². The van der Waals surface area contributed by atoms with Crippen LogP contribution in [0.5, 0.6) is 0 Å². The molecule has 0 saturated carbocycles. The minimum Gasteiger partial charge on any atom is -0.481 e. The fraction of sp³-hybridized carbons (Fsp3) is 0.250. The standard InChI is InChI=1S/C8H8O2/c1-3-5-7(6-4-2)8(9)10/h1-2,9-10H,5-6H2. The van der Waals surface area contributed by atoms with E-state index in [-0.39, 0.29) is 12.8 Å². The van der Waals surface area contributed by atoms with E-state index in [0.717, 1.165) is 0 Å². The molecule has 0 aromatic carbocycles. The van der Waals surface area contributed by atoms with Crippen molar-refractivity contribution in [1.29, 1.82) is 0 Å². The minimum atomic E-state index is -0.754. The van der Waals surface area contributed by atoms with Crippen molar-refractivity contribution in [3.63, 3.8) is 0 Å². The molecule has 2 N–H and O–H groups in total. The van der Waals surface area contributed by atoms with Crippen molar-refractivity contribution in [3.05, 3.63) is 11.5 Å². The molecule has 0 rings (SSSR count). The summed E-state index contributed by atoms with van der Waals surface area (Å²) in [7, 11) is 0. The summed E-state index contributed by atoms with van der Waals surface area (Å²) in [6.45, 7) is 0. The van der Waals surface area contributed by atoms with Gasteiger partial charge >= 0.3 is 0 Å². The van der Waals surface area contributed by atoms with Crippen molar-refractivity contribution < 1.29 is 10.2 Å². The molecule has 0 aromatic heterocycles. The highest BCUT2D eigenvalue weighted by molar-refractivity contribution is 5.16. The molecular formula is C8H8O2. The van der Waals surface area contributed by atoms with E-state index in [1.807, 2.05) is 0 Å². The Balaban J connectivity index is 4.19. The Hall–Kier alpha value is -1.54. The van der Waals surface area contributed by atoms with Gasteiger partial charge in [0.15, 0.2) is 0 Å². The predicted octanol–water partition coefficient (Wildman–Crippen LogP) is 1.36. The summed E-state index contributed by atoms with van der Waals surface area (Å²) < 4.78 is 0. The number of allylic oxidation sites excluding steroid dienone is 1. The molecule has 0 saturated heterocycles. The molecule has 0 radical (unpaired) electrons. The normalized spacial score (nSPS) is 7.40. The van der Waals surface area contributed by atoms with E-state index in [1.165, 1.54) is 0 Å². The molecule has 2 heteroatoms. The summed E-state index contributed by atoms with van der Waals surface area (Å²) in [6, 6.07) is 0. The van der Waals surface area contributed by atoms with Gasteiger partial charge in [-0.15, -0.1) is 24.7 Å². The maximum absolute atomic E-state index is 8.52. The zero-order valence-corrected chi connectivity index (χ0v) is 5.46. The van der Waals surface area contributed by atoms with Crippen LogP contribution in [0.15, 0.2) is 11.5 Å². The van der Waals surface area contributed by atoms with E-state index in [1.54, 1.807) is 0 Å². The van der Waals surface area contributed by atoms with Crippen LogP contribution in [-0.4, -0.2) is 10.2 Å². The highest BCUT2D eigenvalue weighted by Gasteiger charge is 1.99. The molecular weight excluding hydrogens is 128 g/mol.